The number of ether oxygens (including phenoxy) is 3. The number of anilines is 1. The summed E-state index contributed by atoms with van der Waals surface area (Å²) in [5.74, 6) is 2.24. The van der Waals surface area contributed by atoms with Crippen molar-refractivity contribution in [2.75, 3.05) is 19.5 Å². The molecule has 5 rings (SSSR count). The lowest BCUT2D eigenvalue weighted by Gasteiger charge is -2.13. The maximum Gasteiger partial charge on any atom is 0.294 e. The number of carbonyl (C=O) groups is 1. The van der Waals surface area contributed by atoms with Crippen LogP contribution in [0.2, 0.25) is 0 Å². The van der Waals surface area contributed by atoms with Crippen LogP contribution in [0.5, 0.6) is 23.0 Å². The fourth-order valence-electron chi connectivity index (χ4n) is 3.56. The fourth-order valence-corrected chi connectivity index (χ4v) is 3.56. The number of aromatic nitrogens is 2. The zero-order valence-electron chi connectivity index (χ0n) is 17.9. The van der Waals surface area contributed by atoms with Crippen molar-refractivity contribution in [1.82, 2.24) is 10.1 Å². The Balaban J connectivity index is 1.46. The first-order valence-corrected chi connectivity index (χ1v) is 10.1. The Morgan fingerprint density at radius 3 is 2.45 bits per heavy atom. The van der Waals surface area contributed by atoms with Gasteiger partial charge in [0, 0.05) is 29.4 Å². The van der Waals surface area contributed by atoms with E-state index in [1.165, 1.54) is 12.3 Å². The lowest BCUT2D eigenvalue weighted by atomic mass is 10.1. The number of rotatable bonds is 6. The molecule has 0 saturated heterocycles. The topological polar surface area (TPSA) is 95.7 Å². The maximum absolute atomic E-state index is 12.2. The van der Waals surface area contributed by atoms with E-state index in [0.717, 1.165) is 21.7 Å². The largest absolute Gasteiger partial charge is 0.493 e. The van der Waals surface area contributed by atoms with Crippen molar-refractivity contribution < 1.29 is 23.5 Å². The lowest BCUT2D eigenvalue weighted by molar-refractivity contribution is 0.0988. The summed E-state index contributed by atoms with van der Waals surface area (Å²) in [6.45, 7) is 0. The van der Waals surface area contributed by atoms with E-state index in [1.54, 1.807) is 26.5 Å². The molecule has 5 aromatic rings. The van der Waals surface area contributed by atoms with Crippen molar-refractivity contribution in [3.05, 3.63) is 78.8 Å². The van der Waals surface area contributed by atoms with Crippen LogP contribution in [0.15, 0.2) is 77.6 Å². The molecule has 8 nitrogen and oxygen atoms in total. The predicted molar refractivity (Wildman–Crippen MR) is 123 cm³/mol. The van der Waals surface area contributed by atoms with Crippen molar-refractivity contribution in [1.29, 1.82) is 0 Å². The standard InChI is InChI=1S/C25H19N3O5/c1-30-23-13-19-20(14-24(23)31-2)26-9-7-21(19)32-18-6-4-15-3-5-17(11-16(15)12-18)28-25(29)22-8-10-27-33-22/h3-14H,1-2H3,(H,28,29). The van der Waals surface area contributed by atoms with E-state index in [2.05, 4.69) is 15.5 Å². The van der Waals surface area contributed by atoms with E-state index in [4.69, 9.17) is 18.7 Å². The molecular weight excluding hydrogens is 422 g/mol. The van der Waals surface area contributed by atoms with Crippen LogP contribution in [0.25, 0.3) is 21.7 Å². The minimum absolute atomic E-state index is 0.142. The molecule has 0 aliphatic carbocycles. The van der Waals surface area contributed by atoms with Gasteiger partial charge in [-0.25, -0.2) is 0 Å². The number of hydrogen-bond acceptors (Lipinski definition) is 7. The number of carbonyl (C=O) groups excluding carboxylic acids is 1. The van der Waals surface area contributed by atoms with Crippen molar-refractivity contribution in [3.8, 4) is 23.0 Å². The number of fused-ring (bicyclic) bond motifs is 2. The minimum Gasteiger partial charge on any atom is -0.493 e. The van der Waals surface area contributed by atoms with Gasteiger partial charge in [-0.15, -0.1) is 0 Å². The molecule has 33 heavy (non-hydrogen) atoms. The van der Waals surface area contributed by atoms with Crippen LogP contribution < -0.4 is 19.5 Å². The highest BCUT2D eigenvalue weighted by Gasteiger charge is 2.13. The Hall–Kier alpha value is -4.59. The molecule has 3 aromatic carbocycles. The third-order valence-electron chi connectivity index (χ3n) is 5.17. The van der Waals surface area contributed by atoms with E-state index in [9.17, 15) is 4.79 Å². The van der Waals surface area contributed by atoms with Crippen LogP contribution in [0.3, 0.4) is 0 Å². The molecule has 1 N–H and O–H groups in total. The zero-order chi connectivity index (χ0) is 22.8. The van der Waals surface area contributed by atoms with Gasteiger partial charge in [-0.2, -0.15) is 0 Å². The number of hydrogen-bond donors (Lipinski definition) is 1. The molecule has 0 bridgehead atoms. The summed E-state index contributed by atoms with van der Waals surface area (Å²) in [6.07, 6.45) is 3.11. The SMILES string of the molecule is COc1cc2nccc(Oc3ccc4ccc(NC(=O)c5ccno5)cc4c3)c2cc1OC. The van der Waals surface area contributed by atoms with Crippen molar-refractivity contribution in [2.24, 2.45) is 0 Å². The lowest BCUT2D eigenvalue weighted by Crippen LogP contribution is -2.10. The molecule has 164 valence electrons. The molecule has 0 atom stereocenters. The number of benzene rings is 3. The number of nitrogens with zero attached hydrogens (tertiary/aromatic N) is 2. The molecule has 8 heteroatoms. The molecule has 2 heterocycles. The van der Waals surface area contributed by atoms with Gasteiger partial charge in [0.05, 0.1) is 25.9 Å². The van der Waals surface area contributed by atoms with Gasteiger partial charge in [0.1, 0.15) is 11.5 Å². The van der Waals surface area contributed by atoms with E-state index in [0.29, 0.717) is 28.7 Å². The molecule has 2 aromatic heterocycles. The van der Waals surface area contributed by atoms with E-state index in [1.807, 2.05) is 48.5 Å². The van der Waals surface area contributed by atoms with Gasteiger partial charge < -0.3 is 24.1 Å². The van der Waals surface area contributed by atoms with Crippen LogP contribution >= 0.6 is 0 Å². The zero-order valence-corrected chi connectivity index (χ0v) is 17.9. The Bertz CT molecular complexity index is 1460. The number of nitrogens with one attached hydrogen (secondary N) is 1. The third-order valence-corrected chi connectivity index (χ3v) is 5.17. The summed E-state index contributed by atoms with van der Waals surface area (Å²) in [5, 5.41) is 9.07. The van der Waals surface area contributed by atoms with Crippen molar-refractivity contribution in [3.63, 3.8) is 0 Å². The molecule has 0 radical (unpaired) electrons. The Morgan fingerprint density at radius 2 is 1.67 bits per heavy atom. The molecule has 0 unspecified atom stereocenters. The average molecular weight is 441 g/mol. The summed E-state index contributed by atoms with van der Waals surface area (Å²) in [7, 11) is 3.17. The summed E-state index contributed by atoms with van der Waals surface area (Å²) < 4.78 is 21.9. The highest BCUT2D eigenvalue weighted by molar-refractivity contribution is 6.03. The molecule has 0 aliphatic heterocycles. The first-order valence-electron chi connectivity index (χ1n) is 10.1. The van der Waals surface area contributed by atoms with E-state index < -0.39 is 0 Å². The smallest absolute Gasteiger partial charge is 0.294 e. The van der Waals surface area contributed by atoms with Crippen LogP contribution in [0.1, 0.15) is 10.6 Å². The Kier molecular flexibility index (Phi) is 5.24. The minimum atomic E-state index is -0.369. The van der Waals surface area contributed by atoms with Crippen LogP contribution in [-0.4, -0.2) is 30.3 Å². The molecule has 0 aliphatic rings. The summed E-state index contributed by atoms with van der Waals surface area (Å²) in [5.41, 5.74) is 1.36. The predicted octanol–water partition coefficient (Wildman–Crippen LogP) is 5.44. The molecule has 0 spiro atoms. The fraction of sp³-hybridized carbons (Fsp3) is 0.0800. The average Bonchev–Trinajstić information content (AvgIpc) is 3.38. The van der Waals surface area contributed by atoms with Gasteiger partial charge in [-0.05, 0) is 47.2 Å². The van der Waals surface area contributed by atoms with Crippen LogP contribution in [0, 0.1) is 0 Å². The Labute approximate surface area is 188 Å². The highest BCUT2D eigenvalue weighted by Crippen LogP contribution is 2.37. The first-order chi connectivity index (χ1) is 16.1. The second-order valence-electron chi connectivity index (χ2n) is 7.19. The summed E-state index contributed by atoms with van der Waals surface area (Å²) >= 11 is 0. The molecule has 1 amide bonds. The quantitative estimate of drug-likeness (QED) is 0.375. The van der Waals surface area contributed by atoms with Gasteiger partial charge in [0.15, 0.2) is 11.5 Å². The van der Waals surface area contributed by atoms with Crippen LogP contribution in [0.4, 0.5) is 5.69 Å². The Morgan fingerprint density at radius 1 is 0.848 bits per heavy atom. The second kappa shape index (κ2) is 8.51. The summed E-state index contributed by atoms with van der Waals surface area (Å²) in [4.78, 5) is 16.7. The monoisotopic (exact) mass is 441 g/mol. The number of amides is 1. The van der Waals surface area contributed by atoms with E-state index in [-0.39, 0.29) is 11.7 Å². The number of pyridine rings is 1. The summed E-state index contributed by atoms with van der Waals surface area (Å²) in [6, 6.07) is 18.3. The van der Waals surface area contributed by atoms with Gasteiger partial charge >= 0.3 is 0 Å². The van der Waals surface area contributed by atoms with Crippen molar-refractivity contribution in [2.45, 2.75) is 0 Å². The number of methoxy groups -OCH3 is 2. The second-order valence-corrected chi connectivity index (χ2v) is 7.19. The van der Waals surface area contributed by atoms with Gasteiger partial charge in [-0.3, -0.25) is 9.78 Å². The van der Waals surface area contributed by atoms with Gasteiger partial charge in [0.2, 0.25) is 5.76 Å². The maximum atomic E-state index is 12.2. The molecule has 0 fully saturated rings. The van der Waals surface area contributed by atoms with Crippen LogP contribution in [-0.2, 0) is 0 Å². The third kappa shape index (κ3) is 4.01. The van der Waals surface area contributed by atoms with Gasteiger partial charge in [0.25, 0.3) is 5.91 Å². The van der Waals surface area contributed by atoms with Crippen molar-refractivity contribution >= 4 is 33.3 Å². The van der Waals surface area contributed by atoms with E-state index >= 15 is 0 Å². The highest BCUT2D eigenvalue weighted by atomic mass is 16.5. The van der Waals surface area contributed by atoms with Gasteiger partial charge in [-0.1, -0.05) is 17.3 Å². The molecule has 0 saturated carbocycles. The normalized spacial score (nSPS) is 10.8. The first kappa shape index (κ1) is 20.3. The molecular formula is C25H19N3O5.